The van der Waals surface area contributed by atoms with Gasteiger partial charge in [0.2, 0.25) is 5.88 Å². The number of nitrogens with one attached hydrogen (secondary N) is 1. The Morgan fingerprint density at radius 2 is 1.94 bits per heavy atom. The summed E-state index contributed by atoms with van der Waals surface area (Å²) in [6, 6.07) is 2.95. The van der Waals surface area contributed by atoms with Crippen molar-refractivity contribution in [1.82, 2.24) is 19.9 Å². The fraction of sp³-hybridized carbons (Fsp3) is 0.615. The molecule has 4 N–H and O–H groups in total. The summed E-state index contributed by atoms with van der Waals surface area (Å²) in [5.41, 5.74) is 9.09. The summed E-state index contributed by atoms with van der Waals surface area (Å²) in [6.45, 7) is 6.56. The van der Waals surface area contributed by atoms with Crippen LogP contribution in [0.1, 0.15) is 61.6 Å². The van der Waals surface area contributed by atoms with E-state index in [1.807, 2.05) is 18.7 Å². The van der Waals surface area contributed by atoms with E-state index in [1.54, 1.807) is 6.07 Å². The number of likely N-dealkylation sites (tertiary alicyclic amines) is 1. The number of anilines is 2. The quantitative estimate of drug-likeness (QED) is 0.157. The smallest absolute Gasteiger partial charge is 0.319 e. The minimum atomic E-state index is -0.769. The fourth-order valence-corrected chi connectivity index (χ4v) is 12.4. The molecule has 0 spiro atoms. The number of nitrogens with two attached hydrogens (primary N) is 1. The summed E-state index contributed by atoms with van der Waals surface area (Å²) in [5.74, 6) is 8.49. The first-order chi connectivity index (χ1) is 25.1. The standard InChI is InChI=1S/C39H52FN7O4S/c1-22-13-29(42)28(16-41)31(23(22)2)34-33(40)35-32(37(43-34)49-3)36(46-11-12-50-18-27(48)17-46)45-38(44-35)51-21-39-8-5-7-30(39)47(10-6-9-39)26-14-24-19-52(4)20-25(24)15-26/h13,16,24-27,30,41,48H,4-12,14-15,17-21,42H2,1-3H3. The van der Waals surface area contributed by atoms with Gasteiger partial charge in [-0.15, -0.1) is 0 Å². The number of hydrogen-bond acceptors (Lipinski definition) is 11. The molecule has 1 aromatic carbocycles. The maximum Gasteiger partial charge on any atom is 0.319 e. The van der Waals surface area contributed by atoms with Crippen LogP contribution >= 0.6 is 10.5 Å². The minimum Gasteiger partial charge on any atom is -0.480 e. The van der Waals surface area contributed by atoms with Crippen molar-refractivity contribution in [3.05, 3.63) is 28.6 Å². The van der Waals surface area contributed by atoms with Gasteiger partial charge in [0, 0.05) is 53.6 Å². The number of aliphatic hydroxyl groups excluding tert-OH is 1. The average molecular weight is 734 g/mol. The first-order valence-corrected chi connectivity index (χ1v) is 20.6. The molecule has 5 atom stereocenters. The molecular weight excluding hydrogens is 682 g/mol. The highest BCUT2D eigenvalue weighted by Gasteiger charge is 2.52. The topological polar surface area (TPSA) is 143 Å². The third kappa shape index (κ3) is 6.15. The second-order valence-electron chi connectivity index (χ2n) is 15.8. The summed E-state index contributed by atoms with van der Waals surface area (Å²) >= 11 is 0. The molecule has 3 aliphatic heterocycles. The van der Waals surface area contributed by atoms with E-state index in [2.05, 4.69) is 10.8 Å². The third-order valence-electron chi connectivity index (χ3n) is 12.8. The molecule has 0 amide bonds. The number of β-amino-alcohol motifs (C(OH)–C–C–N with tert-alkyl or cyclic N) is 1. The summed E-state index contributed by atoms with van der Waals surface area (Å²) in [5, 5.41) is 19.2. The third-order valence-corrected chi connectivity index (χ3v) is 14.6. The number of benzene rings is 1. The Kier molecular flexibility index (Phi) is 9.67. The number of rotatable bonds is 8. The van der Waals surface area contributed by atoms with Crippen LogP contribution in [0.3, 0.4) is 0 Å². The van der Waals surface area contributed by atoms with Gasteiger partial charge in [-0.2, -0.15) is 20.5 Å². The molecule has 0 radical (unpaired) electrons. The number of halogens is 1. The van der Waals surface area contributed by atoms with Crippen LogP contribution < -0.4 is 20.1 Å². The number of pyridine rings is 1. The van der Waals surface area contributed by atoms with Gasteiger partial charge in [-0.25, -0.2) is 9.37 Å². The highest BCUT2D eigenvalue weighted by Crippen LogP contribution is 2.53. The van der Waals surface area contributed by atoms with E-state index in [1.165, 1.54) is 37.9 Å². The van der Waals surface area contributed by atoms with Gasteiger partial charge in [0.15, 0.2) is 5.82 Å². The Morgan fingerprint density at radius 3 is 2.69 bits per heavy atom. The highest BCUT2D eigenvalue weighted by molar-refractivity contribution is 8.14. The molecule has 5 aliphatic rings. The van der Waals surface area contributed by atoms with Gasteiger partial charge in [-0.3, -0.25) is 4.90 Å². The van der Waals surface area contributed by atoms with Crippen LogP contribution in [0.4, 0.5) is 15.9 Å². The van der Waals surface area contributed by atoms with E-state index < -0.39 is 11.9 Å². The molecule has 52 heavy (non-hydrogen) atoms. The predicted molar refractivity (Wildman–Crippen MR) is 206 cm³/mol. The molecule has 0 bridgehead atoms. The van der Waals surface area contributed by atoms with Crippen molar-refractivity contribution < 1.29 is 23.7 Å². The van der Waals surface area contributed by atoms with E-state index in [-0.39, 0.29) is 47.1 Å². The van der Waals surface area contributed by atoms with Crippen molar-refractivity contribution in [2.75, 3.05) is 68.7 Å². The van der Waals surface area contributed by atoms with Crippen LogP contribution in [0.15, 0.2) is 6.07 Å². The number of ether oxygens (including phenoxy) is 3. The van der Waals surface area contributed by atoms with Crippen LogP contribution in [0, 0.1) is 42.3 Å². The number of piperidine rings is 1. The zero-order valence-corrected chi connectivity index (χ0v) is 31.4. The Morgan fingerprint density at radius 1 is 1.17 bits per heavy atom. The van der Waals surface area contributed by atoms with Crippen LogP contribution in [-0.2, 0) is 4.74 Å². The van der Waals surface area contributed by atoms with Crippen molar-refractivity contribution >= 4 is 45.0 Å². The van der Waals surface area contributed by atoms with Gasteiger partial charge < -0.3 is 35.4 Å². The largest absolute Gasteiger partial charge is 0.480 e. The molecule has 280 valence electrons. The average Bonchev–Trinajstić information content (AvgIpc) is 3.78. The predicted octanol–water partition coefficient (Wildman–Crippen LogP) is 5.36. The Bertz CT molecular complexity index is 1900. The second kappa shape index (κ2) is 14.1. The molecule has 5 heterocycles. The van der Waals surface area contributed by atoms with Gasteiger partial charge in [0.05, 0.1) is 33.0 Å². The van der Waals surface area contributed by atoms with E-state index >= 15 is 4.39 Å². The number of nitrogen functional groups attached to an aromatic ring is 1. The van der Waals surface area contributed by atoms with Gasteiger partial charge >= 0.3 is 6.01 Å². The van der Waals surface area contributed by atoms with E-state index in [0.717, 1.165) is 61.4 Å². The van der Waals surface area contributed by atoms with Crippen molar-refractivity contribution in [3.63, 3.8) is 0 Å². The summed E-state index contributed by atoms with van der Waals surface area (Å²) < 4.78 is 35.3. The summed E-state index contributed by atoms with van der Waals surface area (Å²) in [4.78, 5) is 19.1. The molecule has 2 aliphatic carbocycles. The SMILES string of the molecule is C=S1CC2CC(N3CCCC4(COc5nc(N6CCOCC(O)C6)c6c(OC)nc(-c7c(C)c(C)cc(N)c7C=N)c(F)c6n5)CCCC34)CC2C1. The minimum absolute atomic E-state index is 0.00424. The van der Waals surface area contributed by atoms with Crippen LogP contribution in [0.5, 0.6) is 11.9 Å². The zero-order chi connectivity index (χ0) is 36.3. The Labute approximate surface area is 307 Å². The summed E-state index contributed by atoms with van der Waals surface area (Å²) in [6.07, 6.45) is 8.59. The highest BCUT2D eigenvalue weighted by atomic mass is 32.2. The number of nitrogens with zero attached hydrogens (tertiary/aromatic N) is 5. The van der Waals surface area contributed by atoms with E-state index in [0.29, 0.717) is 65.0 Å². The molecular formula is C39H52FN7O4S. The van der Waals surface area contributed by atoms with Gasteiger partial charge in [-0.1, -0.05) is 12.3 Å². The zero-order valence-electron chi connectivity index (χ0n) is 30.6. The van der Waals surface area contributed by atoms with Gasteiger partial charge in [-0.05, 0) is 99.5 Å². The normalized spacial score (nSPS) is 30.7. The Balaban J connectivity index is 1.19. The molecule has 11 nitrogen and oxygen atoms in total. The van der Waals surface area contributed by atoms with Crippen LogP contribution in [0.2, 0.25) is 0 Å². The molecule has 2 aromatic heterocycles. The van der Waals surface area contributed by atoms with Crippen molar-refractivity contribution in [1.29, 1.82) is 5.41 Å². The molecule has 13 heteroatoms. The van der Waals surface area contributed by atoms with Crippen molar-refractivity contribution in [2.45, 2.75) is 77.0 Å². The first kappa shape index (κ1) is 35.6. The van der Waals surface area contributed by atoms with Crippen LogP contribution in [0.25, 0.3) is 22.2 Å². The molecule has 3 saturated heterocycles. The molecule has 5 fully saturated rings. The molecule has 2 saturated carbocycles. The lowest BCUT2D eigenvalue weighted by atomic mass is 9.75. The second-order valence-corrected chi connectivity index (χ2v) is 17.7. The summed E-state index contributed by atoms with van der Waals surface area (Å²) in [7, 11) is 1.82. The van der Waals surface area contributed by atoms with Crippen molar-refractivity contribution in [3.8, 4) is 23.1 Å². The lowest BCUT2D eigenvalue weighted by Crippen LogP contribution is -2.55. The fourth-order valence-electron chi connectivity index (χ4n) is 10.2. The number of aromatic nitrogens is 3. The molecule has 3 aromatic rings. The first-order valence-electron chi connectivity index (χ1n) is 18.8. The van der Waals surface area contributed by atoms with Crippen LogP contribution in [-0.4, -0.2) is 113 Å². The monoisotopic (exact) mass is 733 g/mol. The van der Waals surface area contributed by atoms with E-state index in [9.17, 15) is 5.11 Å². The number of fused-ring (bicyclic) bond motifs is 3. The number of methoxy groups -OCH3 is 1. The maximum atomic E-state index is 17.2. The lowest BCUT2D eigenvalue weighted by molar-refractivity contribution is -0.0223. The van der Waals surface area contributed by atoms with Crippen molar-refractivity contribution in [2.24, 2.45) is 17.3 Å². The maximum absolute atomic E-state index is 17.2. The van der Waals surface area contributed by atoms with Gasteiger partial charge in [0.1, 0.15) is 22.4 Å². The molecule has 8 rings (SSSR count). The van der Waals surface area contributed by atoms with E-state index in [4.69, 9.17) is 40.3 Å². The Hall–Kier alpha value is -3.39. The number of aryl methyl sites for hydroxylation is 1. The number of aliphatic hydroxyl groups is 1. The van der Waals surface area contributed by atoms with Gasteiger partial charge in [0.25, 0.3) is 0 Å². The number of hydrogen-bond donors (Lipinski definition) is 3. The molecule has 5 unspecified atom stereocenters. The lowest BCUT2D eigenvalue weighted by Gasteiger charge is -2.48.